The Hall–Kier alpha value is -2.37. The fourth-order valence-electron chi connectivity index (χ4n) is 2.38. The van der Waals surface area contributed by atoms with E-state index in [2.05, 4.69) is 0 Å². The van der Waals surface area contributed by atoms with Crippen LogP contribution in [0.15, 0.2) is 48.5 Å². The number of allylic oxidation sites excluding steroid dienone is 1. The van der Waals surface area contributed by atoms with Crippen molar-refractivity contribution in [2.45, 2.75) is 6.61 Å². The number of carbonyl (C=O) groups excluding carboxylic acids is 1. The second kappa shape index (κ2) is 6.18. The molecule has 0 bridgehead atoms. The van der Waals surface area contributed by atoms with Gasteiger partial charge in [-0.2, -0.15) is 0 Å². The number of ether oxygens (including phenoxy) is 1. The SMILES string of the molecule is COc1cccc(C(=O)/C=C/c2ccc3c(c2)B(O)OC3)c1. The molecule has 22 heavy (non-hydrogen) atoms. The van der Waals surface area contributed by atoms with Crippen molar-refractivity contribution < 1.29 is 19.2 Å². The number of hydrogen-bond donors (Lipinski definition) is 1. The lowest BCUT2D eigenvalue weighted by molar-refractivity contribution is 0.104. The van der Waals surface area contributed by atoms with Crippen LogP contribution in [0.2, 0.25) is 0 Å². The van der Waals surface area contributed by atoms with Gasteiger partial charge >= 0.3 is 7.12 Å². The minimum Gasteiger partial charge on any atom is -0.497 e. The van der Waals surface area contributed by atoms with Gasteiger partial charge in [-0.1, -0.05) is 36.4 Å². The third-order valence-corrected chi connectivity index (χ3v) is 3.61. The zero-order chi connectivity index (χ0) is 15.5. The van der Waals surface area contributed by atoms with Gasteiger partial charge in [-0.05, 0) is 34.8 Å². The summed E-state index contributed by atoms with van der Waals surface area (Å²) in [5.74, 6) is 0.549. The van der Waals surface area contributed by atoms with Crippen molar-refractivity contribution >= 4 is 24.4 Å². The predicted octanol–water partition coefficient (Wildman–Crippen LogP) is 1.81. The average molecular weight is 294 g/mol. The Morgan fingerprint density at radius 1 is 1.32 bits per heavy atom. The molecule has 0 aliphatic carbocycles. The highest BCUT2D eigenvalue weighted by atomic mass is 16.5. The normalized spacial score (nSPS) is 13.5. The number of carbonyl (C=O) groups is 1. The molecule has 3 rings (SSSR count). The number of methoxy groups -OCH3 is 1. The number of hydrogen-bond acceptors (Lipinski definition) is 4. The van der Waals surface area contributed by atoms with Crippen LogP contribution in [0, 0.1) is 0 Å². The molecule has 1 aliphatic heterocycles. The van der Waals surface area contributed by atoms with E-state index in [0.29, 0.717) is 17.9 Å². The third-order valence-electron chi connectivity index (χ3n) is 3.61. The Labute approximate surface area is 129 Å². The summed E-state index contributed by atoms with van der Waals surface area (Å²) in [6, 6.07) is 12.7. The lowest BCUT2D eigenvalue weighted by Crippen LogP contribution is -2.28. The van der Waals surface area contributed by atoms with Crippen molar-refractivity contribution in [2.24, 2.45) is 0 Å². The number of fused-ring (bicyclic) bond motifs is 1. The summed E-state index contributed by atoms with van der Waals surface area (Å²) < 4.78 is 10.3. The van der Waals surface area contributed by atoms with E-state index in [-0.39, 0.29) is 5.78 Å². The maximum absolute atomic E-state index is 12.2. The summed E-state index contributed by atoms with van der Waals surface area (Å²) in [7, 11) is 0.689. The summed E-state index contributed by atoms with van der Waals surface area (Å²) in [5, 5.41) is 9.69. The van der Waals surface area contributed by atoms with Gasteiger partial charge in [0.2, 0.25) is 0 Å². The van der Waals surface area contributed by atoms with Gasteiger partial charge in [0.15, 0.2) is 5.78 Å². The summed E-state index contributed by atoms with van der Waals surface area (Å²) in [5.41, 5.74) is 3.15. The molecule has 0 unspecified atom stereocenters. The lowest BCUT2D eigenvalue weighted by atomic mass is 9.79. The van der Waals surface area contributed by atoms with Gasteiger partial charge in [0, 0.05) is 5.56 Å². The molecule has 2 aromatic carbocycles. The van der Waals surface area contributed by atoms with Crippen LogP contribution in [0.5, 0.6) is 5.75 Å². The Morgan fingerprint density at radius 3 is 3.00 bits per heavy atom. The van der Waals surface area contributed by atoms with Gasteiger partial charge in [-0.25, -0.2) is 0 Å². The molecule has 0 atom stereocenters. The molecule has 1 N–H and O–H groups in total. The minimum absolute atomic E-state index is 0.101. The van der Waals surface area contributed by atoms with Crippen LogP contribution in [0.3, 0.4) is 0 Å². The van der Waals surface area contributed by atoms with Crippen LogP contribution in [0.4, 0.5) is 0 Å². The van der Waals surface area contributed by atoms with E-state index in [1.54, 1.807) is 37.5 Å². The smallest absolute Gasteiger partial charge is 0.491 e. The largest absolute Gasteiger partial charge is 0.497 e. The highest BCUT2D eigenvalue weighted by Crippen LogP contribution is 2.15. The maximum atomic E-state index is 12.2. The van der Waals surface area contributed by atoms with Crippen molar-refractivity contribution in [3.05, 3.63) is 65.2 Å². The van der Waals surface area contributed by atoms with Gasteiger partial charge in [-0.3, -0.25) is 4.79 Å². The van der Waals surface area contributed by atoms with E-state index in [1.165, 1.54) is 6.08 Å². The standard InChI is InChI=1S/C17H15BO4/c1-21-15-4-2-3-13(10-15)17(19)8-6-12-5-7-14-11-22-18(20)16(14)9-12/h2-10,20H,11H2,1H3/b8-6+. The first-order chi connectivity index (χ1) is 10.7. The molecular weight excluding hydrogens is 279 g/mol. The molecule has 0 saturated carbocycles. The predicted molar refractivity (Wildman–Crippen MR) is 85.2 cm³/mol. The van der Waals surface area contributed by atoms with Crippen LogP contribution in [0.25, 0.3) is 6.08 Å². The van der Waals surface area contributed by atoms with Crippen LogP contribution < -0.4 is 10.2 Å². The lowest BCUT2D eigenvalue weighted by Gasteiger charge is -2.02. The number of ketones is 1. The molecule has 0 saturated heterocycles. The number of benzene rings is 2. The molecule has 0 spiro atoms. The van der Waals surface area contributed by atoms with Gasteiger partial charge in [0.25, 0.3) is 0 Å². The molecule has 1 heterocycles. The van der Waals surface area contributed by atoms with E-state index in [9.17, 15) is 9.82 Å². The van der Waals surface area contributed by atoms with E-state index in [4.69, 9.17) is 9.39 Å². The molecule has 0 radical (unpaired) electrons. The van der Waals surface area contributed by atoms with Crippen molar-refractivity contribution in [1.29, 1.82) is 0 Å². The highest BCUT2D eigenvalue weighted by molar-refractivity contribution is 6.61. The fraction of sp³-hybridized carbons (Fsp3) is 0.118. The summed E-state index contributed by atoms with van der Waals surface area (Å²) in [4.78, 5) is 12.2. The molecule has 0 aromatic heterocycles. The Bertz CT molecular complexity index is 739. The van der Waals surface area contributed by atoms with Crippen LogP contribution in [-0.4, -0.2) is 25.0 Å². The first-order valence-corrected chi connectivity index (χ1v) is 6.96. The molecule has 110 valence electrons. The summed E-state index contributed by atoms with van der Waals surface area (Å²) in [6.45, 7) is 0.420. The van der Waals surface area contributed by atoms with Gasteiger partial charge in [-0.15, -0.1) is 0 Å². The quantitative estimate of drug-likeness (QED) is 0.531. The summed E-state index contributed by atoms with van der Waals surface area (Å²) in [6.07, 6.45) is 3.24. The first-order valence-electron chi connectivity index (χ1n) is 6.96. The zero-order valence-corrected chi connectivity index (χ0v) is 12.2. The van der Waals surface area contributed by atoms with Crippen molar-refractivity contribution in [3.63, 3.8) is 0 Å². The molecule has 1 aliphatic rings. The molecule has 2 aromatic rings. The van der Waals surface area contributed by atoms with Crippen molar-refractivity contribution in [1.82, 2.24) is 0 Å². The second-order valence-electron chi connectivity index (χ2n) is 5.05. The molecule has 0 fully saturated rings. The topological polar surface area (TPSA) is 55.8 Å². The molecule has 5 heteroatoms. The first kappa shape index (κ1) is 14.6. The Morgan fingerprint density at radius 2 is 2.18 bits per heavy atom. The maximum Gasteiger partial charge on any atom is 0.491 e. The van der Waals surface area contributed by atoms with Crippen molar-refractivity contribution in [3.8, 4) is 5.75 Å². The monoisotopic (exact) mass is 294 g/mol. The number of rotatable bonds is 4. The van der Waals surface area contributed by atoms with Crippen LogP contribution in [0.1, 0.15) is 21.5 Å². The third kappa shape index (κ3) is 2.96. The fourth-order valence-corrected chi connectivity index (χ4v) is 2.38. The molecule has 4 nitrogen and oxygen atoms in total. The highest BCUT2D eigenvalue weighted by Gasteiger charge is 2.26. The Balaban J connectivity index is 1.79. The van der Waals surface area contributed by atoms with Gasteiger partial charge in [0.1, 0.15) is 5.75 Å². The van der Waals surface area contributed by atoms with E-state index in [1.807, 2.05) is 18.2 Å². The van der Waals surface area contributed by atoms with Crippen LogP contribution in [-0.2, 0) is 11.3 Å². The Kier molecular flexibility index (Phi) is 4.09. The van der Waals surface area contributed by atoms with E-state index < -0.39 is 7.12 Å². The summed E-state index contributed by atoms with van der Waals surface area (Å²) >= 11 is 0. The zero-order valence-electron chi connectivity index (χ0n) is 12.2. The van der Waals surface area contributed by atoms with Crippen molar-refractivity contribution in [2.75, 3.05) is 7.11 Å². The van der Waals surface area contributed by atoms with Gasteiger partial charge in [0.05, 0.1) is 13.7 Å². The minimum atomic E-state index is -0.877. The second-order valence-corrected chi connectivity index (χ2v) is 5.05. The van der Waals surface area contributed by atoms with Crippen LogP contribution >= 0.6 is 0 Å². The van der Waals surface area contributed by atoms with E-state index >= 15 is 0 Å². The average Bonchev–Trinajstić information content (AvgIpc) is 2.93. The van der Waals surface area contributed by atoms with E-state index in [0.717, 1.165) is 16.6 Å². The molecule has 0 amide bonds. The molecular formula is C17H15BO4. The van der Waals surface area contributed by atoms with Gasteiger partial charge < -0.3 is 14.4 Å².